The fraction of sp³-hybridized carbons (Fsp3) is 0.364. The summed E-state index contributed by atoms with van der Waals surface area (Å²) in [5.74, 6) is 0.517. The molecule has 0 N–H and O–H groups in total. The Kier molecular flexibility index (Phi) is 4.11. The van der Waals surface area contributed by atoms with Crippen molar-refractivity contribution in [2.45, 2.75) is 19.8 Å². The van der Waals surface area contributed by atoms with Crippen molar-refractivity contribution < 1.29 is 13.9 Å². The van der Waals surface area contributed by atoms with Crippen LogP contribution in [0.3, 0.4) is 0 Å². The number of ether oxygens (including phenoxy) is 1. The number of halogens is 1. The average molecular weight is 196 g/mol. The van der Waals surface area contributed by atoms with Crippen LogP contribution in [0.5, 0.6) is 5.75 Å². The van der Waals surface area contributed by atoms with Gasteiger partial charge in [0.25, 0.3) is 0 Å². The minimum Gasteiger partial charge on any atom is -0.494 e. The van der Waals surface area contributed by atoms with E-state index in [4.69, 9.17) is 4.74 Å². The van der Waals surface area contributed by atoms with Gasteiger partial charge < -0.3 is 9.53 Å². The molecule has 3 heteroatoms. The number of hydrogen-bond acceptors (Lipinski definition) is 2. The standard InChI is InChI=1S/C11H13FO2/c1-9(13)3-2-8-14-11-6-4-10(12)5-7-11/h4-7H,2-3,8H2,1H3. The third-order valence-electron chi connectivity index (χ3n) is 1.76. The van der Waals surface area contributed by atoms with Crippen LogP contribution in [-0.4, -0.2) is 12.4 Å². The monoisotopic (exact) mass is 196 g/mol. The molecule has 0 atom stereocenters. The number of carbonyl (C=O) groups excluding carboxylic acids is 1. The van der Waals surface area contributed by atoms with Gasteiger partial charge in [0, 0.05) is 6.42 Å². The quantitative estimate of drug-likeness (QED) is 0.676. The van der Waals surface area contributed by atoms with E-state index in [1.807, 2.05) is 0 Å². The summed E-state index contributed by atoms with van der Waals surface area (Å²) in [6, 6.07) is 5.84. The van der Waals surface area contributed by atoms with Gasteiger partial charge in [-0.05, 0) is 37.6 Å². The Bertz CT molecular complexity index is 293. The van der Waals surface area contributed by atoms with Gasteiger partial charge in [0.05, 0.1) is 6.61 Å². The number of ketones is 1. The lowest BCUT2D eigenvalue weighted by Gasteiger charge is -2.04. The summed E-state index contributed by atoms with van der Waals surface area (Å²) in [7, 11) is 0. The zero-order valence-corrected chi connectivity index (χ0v) is 8.13. The van der Waals surface area contributed by atoms with E-state index in [9.17, 15) is 9.18 Å². The van der Waals surface area contributed by atoms with Gasteiger partial charge in [-0.2, -0.15) is 0 Å². The minimum absolute atomic E-state index is 0.160. The van der Waals surface area contributed by atoms with Crippen molar-refractivity contribution >= 4 is 5.78 Å². The maximum Gasteiger partial charge on any atom is 0.129 e. The Balaban J connectivity index is 2.25. The molecule has 0 amide bonds. The lowest BCUT2D eigenvalue weighted by Crippen LogP contribution is -2.00. The number of benzene rings is 1. The van der Waals surface area contributed by atoms with Crippen molar-refractivity contribution in [2.24, 2.45) is 0 Å². The second kappa shape index (κ2) is 5.37. The highest BCUT2D eigenvalue weighted by atomic mass is 19.1. The normalized spacial score (nSPS) is 9.86. The van der Waals surface area contributed by atoms with Crippen molar-refractivity contribution in [2.75, 3.05) is 6.61 Å². The lowest BCUT2D eigenvalue weighted by molar-refractivity contribution is -0.117. The number of carbonyl (C=O) groups is 1. The maximum atomic E-state index is 12.5. The van der Waals surface area contributed by atoms with Gasteiger partial charge in [0.2, 0.25) is 0 Å². The molecule has 0 heterocycles. The van der Waals surface area contributed by atoms with Gasteiger partial charge in [-0.3, -0.25) is 0 Å². The summed E-state index contributed by atoms with van der Waals surface area (Å²) in [5, 5.41) is 0. The molecule has 0 aliphatic rings. The Labute approximate surface area is 82.7 Å². The van der Waals surface area contributed by atoms with Crippen molar-refractivity contribution in [3.05, 3.63) is 30.1 Å². The topological polar surface area (TPSA) is 26.3 Å². The smallest absolute Gasteiger partial charge is 0.129 e. The minimum atomic E-state index is -0.277. The predicted octanol–water partition coefficient (Wildman–Crippen LogP) is 2.57. The third-order valence-corrected chi connectivity index (χ3v) is 1.76. The largest absolute Gasteiger partial charge is 0.494 e. The number of hydrogen-bond donors (Lipinski definition) is 0. The SMILES string of the molecule is CC(=O)CCCOc1ccc(F)cc1. The summed E-state index contributed by atoms with van der Waals surface area (Å²) in [4.78, 5) is 10.6. The van der Waals surface area contributed by atoms with Crippen molar-refractivity contribution in [3.63, 3.8) is 0 Å². The van der Waals surface area contributed by atoms with Crippen molar-refractivity contribution in [3.8, 4) is 5.75 Å². The highest BCUT2D eigenvalue weighted by Gasteiger charge is 1.96. The Morgan fingerprint density at radius 3 is 2.57 bits per heavy atom. The first kappa shape index (κ1) is 10.7. The van der Waals surface area contributed by atoms with Crippen LogP contribution >= 0.6 is 0 Å². The fourth-order valence-corrected chi connectivity index (χ4v) is 1.04. The average Bonchev–Trinajstić information content (AvgIpc) is 2.15. The van der Waals surface area contributed by atoms with E-state index >= 15 is 0 Å². The highest BCUT2D eigenvalue weighted by Crippen LogP contribution is 2.11. The molecule has 2 nitrogen and oxygen atoms in total. The molecule has 0 aliphatic carbocycles. The zero-order valence-electron chi connectivity index (χ0n) is 8.13. The molecule has 0 bridgehead atoms. The Morgan fingerprint density at radius 2 is 2.00 bits per heavy atom. The van der Waals surface area contributed by atoms with Crippen LogP contribution in [0.1, 0.15) is 19.8 Å². The molecular formula is C11H13FO2. The molecular weight excluding hydrogens is 183 g/mol. The molecule has 0 fully saturated rings. The molecule has 0 spiro atoms. The lowest BCUT2D eigenvalue weighted by atomic mass is 10.2. The van der Waals surface area contributed by atoms with Gasteiger partial charge in [-0.25, -0.2) is 4.39 Å². The van der Waals surface area contributed by atoms with Crippen LogP contribution in [-0.2, 0) is 4.79 Å². The molecule has 0 radical (unpaired) electrons. The van der Waals surface area contributed by atoms with E-state index in [-0.39, 0.29) is 11.6 Å². The van der Waals surface area contributed by atoms with E-state index in [0.29, 0.717) is 25.2 Å². The van der Waals surface area contributed by atoms with Gasteiger partial charge in [0.1, 0.15) is 17.3 Å². The van der Waals surface area contributed by atoms with E-state index in [1.54, 1.807) is 19.1 Å². The molecule has 0 aliphatic heterocycles. The second-order valence-corrected chi connectivity index (χ2v) is 3.11. The number of rotatable bonds is 5. The number of Topliss-reactive ketones (excluding diaryl/α,β-unsaturated/α-hetero) is 1. The van der Waals surface area contributed by atoms with Crippen LogP contribution in [0.2, 0.25) is 0 Å². The van der Waals surface area contributed by atoms with Crippen LogP contribution in [0.25, 0.3) is 0 Å². The first-order valence-electron chi connectivity index (χ1n) is 4.56. The zero-order chi connectivity index (χ0) is 10.4. The van der Waals surface area contributed by atoms with Gasteiger partial charge in [-0.1, -0.05) is 0 Å². The summed E-state index contributed by atoms with van der Waals surface area (Å²) in [6.07, 6.45) is 1.23. The molecule has 76 valence electrons. The van der Waals surface area contributed by atoms with E-state index in [1.165, 1.54) is 12.1 Å². The summed E-state index contributed by atoms with van der Waals surface area (Å²) in [6.45, 7) is 2.04. The summed E-state index contributed by atoms with van der Waals surface area (Å²) < 4.78 is 17.8. The first-order valence-corrected chi connectivity index (χ1v) is 4.56. The highest BCUT2D eigenvalue weighted by molar-refractivity contribution is 5.75. The van der Waals surface area contributed by atoms with E-state index in [0.717, 1.165) is 0 Å². The molecule has 1 rings (SSSR count). The fourth-order valence-electron chi connectivity index (χ4n) is 1.04. The third kappa shape index (κ3) is 4.03. The molecule has 1 aromatic rings. The molecule has 1 aromatic carbocycles. The Morgan fingerprint density at radius 1 is 1.36 bits per heavy atom. The van der Waals surface area contributed by atoms with E-state index < -0.39 is 0 Å². The van der Waals surface area contributed by atoms with Crippen molar-refractivity contribution in [1.29, 1.82) is 0 Å². The van der Waals surface area contributed by atoms with Gasteiger partial charge in [0.15, 0.2) is 0 Å². The molecule has 14 heavy (non-hydrogen) atoms. The molecule has 0 saturated heterocycles. The van der Waals surface area contributed by atoms with Crippen LogP contribution in [0, 0.1) is 5.82 Å². The predicted molar refractivity (Wildman–Crippen MR) is 51.8 cm³/mol. The molecule has 0 aromatic heterocycles. The second-order valence-electron chi connectivity index (χ2n) is 3.11. The van der Waals surface area contributed by atoms with Crippen LogP contribution in [0.15, 0.2) is 24.3 Å². The van der Waals surface area contributed by atoms with E-state index in [2.05, 4.69) is 0 Å². The van der Waals surface area contributed by atoms with Crippen molar-refractivity contribution in [1.82, 2.24) is 0 Å². The van der Waals surface area contributed by atoms with Gasteiger partial charge >= 0.3 is 0 Å². The van der Waals surface area contributed by atoms with Crippen LogP contribution < -0.4 is 4.74 Å². The van der Waals surface area contributed by atoms with Gasteiger partial charge in [-0.15, -0.1) is 0 Å². The summed E-state index contributed by atoms with van der Waals surface area (Å²) >= 11 is 0. The molecule has 0 saturated carbocycles. The summed E-state index contributed by atoms with van der Waals surface area (Å²) in [5.41, 5.74) is 0. The Hall–Kier alpha value is -1.38. The first-order chi connectivity index (χ1) is 6.68. The maximum absolute atomic E-state index is 12.5. The van der Waals surface area contributed by atoms with Crippen LogP contribution in [0.4, 0.5) is 4.39 Å². The molecule has 0 unspecified atom stereocenters.